The molecule has 6 heteroatoms. The van der Waals surface area contributed by atoms with E-state index < -0.39 is 0 Å². The summed E-state index contributed by atoms with van der Waals surface area (Å²) in [7, 11) is 0. The van der Waals surface area contributed by atoms with Crippen molar-refractivity contribution in [3.8, 4) is 0 Å². The van der Waals surface area contributed by atoms with E-state index in [1.54, 1.807) is 0 Å². The highest BCUT2D eigenvalue weighted by atomic mass is 35.5. The summed E-state index contributed by atoms with van der Waals surface area (Å²) in [6.07, 6.45) is 4.43. The maximum atomic E-state index is 11.8. The fourth-order valence-electron chi connectivity index (χ4n) is 2.50. The van der Waals surface area contributed by atoms with Crippen LogP contribution in [0.1, 0.15) is 52.9 Å². The standard InChI is InChI=1S/C15H29N3O2.ClH/c1-15(2,3)14(20)17-9-5-8-13(19)18-12-7-4-6-11(12)10-16;/h11-12H,4-10,16H2,1-3H3,(H,17,20)(H,18,19);1H. The summed E-state index contributed by atoms with van der Waals surface area (Å²) in [6.45, 7) is 6.83. The van der Waals surface area contributed by atoms with Crippen LogP contribution in [-0.4, -0.2) is 30.9 Å². The predicted octanol–water partition coefficient (Wildman–Crippen LogP) is 1.59. The van der Waals surface area contributed by atoms with Crippen LogP contribution in [0.4, 0.5) is 0 Å². The van der Waals surface area contributed by atoms with Crippen molar-refractivity contribution in [1.82, 2.24) is 10.6 Å². The Labute approximate surface area is 134 Å². The Balaban J connectivity index is 0.00000400. The van der Waals surface area contributed by atoms with Gasteiger partial charge in [-0.15, -0.1) is 12.4 Å². The van der Waals surface area contributed by atoms with Crippen LogP contribution in [-0.2, 0) is 9.59 Å². The van der Waals surface area contributed by atoms with Gasteiger partial charge >= 0.3 is 0 Å². The third-order valence-corrected chi connectivity index (χ3v) is 3.86. The highest BCUT2D eigenvalue weighted by Crippen LogP contribution is 2.24. The van der Waals surface area contributed by atoms with Crippen molar-refractivity contribution in [1.29, 1.82) is 0 Å². The van der Waals surface area contributed by atoms with Crippen LogP contribution in [0.3, 0.4) is 0 Å². The van der Waals surface area contributed by atoms with Gasteiger partial charge in [0, 0.05) is 24.4 Å². The highest BCUT2D eigenvalue weighted by molar-refractivity contribution is 5.85. The van der Waals surface area contributed by atoms with Crippen LogP contribution in [0.5, 0.6) is 0 Å². The molecule has 2 unspecified atom stereocenters. The van der Waals surface area contributed by atoms with Crippen molar-refractivity contribution < 1.29 is 9.59 Å². The van der Waals surface area contributed by atoms with Gasteiger partial charge in [-0.1, -0.05) is 27.2 Å². The van der Waals surface area contributed by atoms with Crippen LogP contribution in [0.25, 0.3) is 0 Å². The van der Waals surface area contributed by atoms with Crippen molar-refractivity contribution >= 4 is 24.2 Å². The minimum absolute atomic E-state index is 0. The van der Waals surface area contributed by atoms with Crippen LogP contribution in [0, 0.1) is 11.3 Å². The van der Waals surface area contributed by atoms with E-state index >= 15 is 0 Å². The summed E-state index contributed by atoms with van der Waals surface area (Å²) in [4.78, 5) is 23.5. The zero-order chi connectivity index (χ0) is 15.2. The molecule has 1 aliphatic rings. The van der Waals surface area contributed by atoms with Gasteiger partial charge in [0.1, 0.15) is 0 Å². The van der Waals surface area contributed by atoms with Gasteiger partial charge < -0.3 is 16.4 Å². The molecule has 0 bridgehead atoms. The average Bonchev–Trinajstić information content (AvgIpc) is 2.80. The van der Waals surface area contributed by atoms with Gasteiger partial charge in [-0.3, -0.25) is 9.59 Å². The number of carbonyl (C=O) groups is 2. The third kappa shape index (κ3) is 7.14. The molecule has 0 aliphatic heterocycles. The van der Waals surface area contributed by atoms with Gasteiger partial charge in [0.25, 0.3) is 0 Å². The van der Waals surface area contributed by atoms with E-state index in [1.807, 2.05) is 20.8 Å². The maximum Gasteiger partial charge on any atom is 0.225 e. The molecule has 2 amide bonds. The lowest BCUT2D eigenvalue weighted by Crippen LogP contribution is -2.40. The van der Waals surface area contributed by atoms with E-state index in [0.717, 1.165) is 19.3 Å². The first-order chi connectivity index (χ1) is 9.34. The smallest absolute Gasteiger partial charge is 0.225 e. The number of hydrogen-bond donors (Lipinski definition) is 3. The Hall–Kier alpha value is -0.810. The summed E-state index contributed by atoms with van der Waals surface area (Å²) < 4.78 is 0. The summed E-state index contributed by atoms with van der Waals surface area (Å²) in [5.41, 5.74) is 5.32. The van der Waals surface area contributed by atoms with Gasteiger partial charge in [-0.05, 0) is 31.7 Å². The Morgan fingerprint density at radius 1 is 1.24 bits per heavy atom. The lowest BCUT2D eigenvalue weighted by molar-refractivity contribution is -0.128. The molecule has 0 spiro atoms. The lowest BCUT2D eigenvalue weighted by Gasteiger charge is -2.20. The first-order valence-corrected chi connectivity index (χ1v) is 7.62. The number of halogens is 1. The minimum Gasteiger partial charge on any atom is -0.356 e. The van der Waals surface area contributed by atoms with Gasteiger partial charge in [0.2, 0.25) is 11.8 Å². The van der Waals surface area contributed by atoms with Crippen LogP contribution >= 0.6 is 12.4 Å². The van der Waals surface area contributed by atoms with Crippen LogP contribution in [0.2, 0.25) is 0 Å². The van der Waals surface area contributed by atoms with Gasteiger partial charge in [-0.2, -0.15) is 0 Å². The number of hydrogen-bond acceptors (Lipinski definition) is 3. The van der Waals surface area contributed by atoms with E-state index in [0.29, 0.717) is 31.8 Å². The van der Waals surface area contributed by atoms with E-state index in [2.05, 4.69) is 10.6 Å². The Morgan fingerprint density at radius 3 is 2.48 bits per heavy atom. The Bertz CT molecular complexity index is 342. The number of carbonyl (C=O) groups excluding carboxylic acids is 2. The molecule has 21 heavy (non-hydrogen) atoms. The molecular formula is C15H30ClN3O2. The quantitative estimate of drug-likeness (QED) is 0.650. The number of nitrogens with one attached hydrogen (secondary N) is 2. The topological polar surface area (TPSA) is 84.2 Å². The molecular weight excluding hydrogens is 290 g/mol. The number of amides is 2. The zero-order valence-corrected chi connectivity index (χ0v) is 14.2. The molecule has 1 saturated carbocycles. The summed E-state index contributed by atoms with van der Waals surface area (Å²) in [5, 5.41) is 5.92. The third-order valence-electron chi connectivity index (χ3n) is 3.86. The molecule has 2 atom stereocenters. The minimum atomic E-state index is -0.375. The summed E-state index contributed by atoms with van der Waals surface area (Å²) >= 11 is 0. The van der Waals surface area contributed by atoms with E-state index in [4.69, 9.17) is 5.73 Å². The molecule has 0 heterocycles. The van der Waals surface area contributed by atoms with E-state index in [9.17, 15) is 9.59 Å². The maximum absolute atomic E-state index is 11.8. The van der Waals surface area contributed by atoms with Gasteiger partial charge in [-0.25, -0.2) is 0 Å². The predicted molar refractivity (Wildman–Crippen MR) is 87.3 cm³/mol. The zero-order valence-electron chi connectivity index (χ0n) is 13.4. The number of rotatable bonds is 6. The van der Waals surface area contributed by atoms with Crippen molar-refractivity contribution in [3.05, 3.63) is 0 Å². The van der Waals surface area contributed by atoms with Crippen LogP contribution in [0.15, 0.2) is 0 Å². The molecule has 1 aliphatic carbocycles. The molecule has 1 fully saturated rings. The Kier molecular flexibility index (Phi) is 8.90. The molecule has 0 aromatic heterocycles. The van der Waals surface area contributed by atoms with Crippen molar-refractivity contribution in [2.45, 2.75) is 58.9 Å². The first kappa shape index (κ1) is 20.2. The highest BCUT2D eigenvalue weighted by Gasteiger charge is 2.27. The molecule has 124 valence electrons. The second kappa shape index (κ2) is 9.26. The van der Waals surface area contributed by atoms with Crippen molar-refractivity contribution in [3.63, 3.8) is 0 Å². The SMILES string of the molecule is CC(C)(C)C(=O)NCCCC(=O)NC1CCCC1CN.Cl. The van der Waals surface area contributed by atoms with Crippen LogP contribution < -0.4 is 16.4 Å². The largest absolute Gasteiger partial charge is 0.356 e. The first-order valence-electron chi connectivity index (χ1n) is 7.62. The molecule has 0 aromatic carbocycles. The lowest BCUT2D eigenvalue weighted by atomic mass is 9.96. The molecule has 1 rings (SSSR count). The molecule has 4 N–H and O–H groups in total. The molecule has 0 saturated heterocycles. The van der Waals surface area contributed by atoms with Crippen molar-refractivity contribution in [2.75, 3.05) is 13.1 Å². The fraction of sp³-hybridized carbons (Fsp3) is 0.867. The fourth-order valence-corrected chi connectivity index (χ4v) is 2.50. The van der Waals surface area contributed by atoms with Gasteiger partial charge in [0.15, 0.2) is 0 Å². The van der Waals surface area contributed by atoms with Crippen molar-refractivity contribution in [2.24, 2.45) is 17.1 Å². The normalized spacial score (nSPS) is 21.5. The molecule has 0 aromatic rings. The summed E-state index contributed by atoms with van der Waals surface area (Å²) in [6, 6.07) is 0.247. The van der Waals surface area contributed by atoms with Gasteiger partial charge in [0.05, 0.1) is 0 Å². The Morgan fingerprint density at radius 2 is 1.90 bits per heavy atom. The summed E-state index contributed by atoms with van der Waals surface area (Å²) in [5.74, 6) is 0.525. The van der Waals surface area contributed by atoms with E-state index in [-0.39, 0.29) is 35.7 Å². The van der Waals surface area contributed by atoms with E-state index in [1.165, 1.54) is 0 Å². The second-order valence-corrected chi connectivity index (χ2v) is 6.71. The number of nitrogens with two attached hydrogens (primary N) is 1. The average molecular weight is 320 g/mol. The molecule has 5 nitrogen and oxygen atoms in total. The molecule has 0 radical (unpaired) electrons. The second-order valence-electron chi connectivity index (χ2n) is 6.71. The monoisotopic (exact) mass is 319 g/mol.